The predicted octanol–water partition coefficient (Wildman–Crippen LogP) is 4.06. The molecule has 1 saturated carbocycles. The van der Waals surface area contributed by atoms with E-state index in [2.05, 4.69) is 30.8 Å². The Morgan fingerprint density at radius 3 is 2.37 bits per heavy atom. The number of ether oxygens (including phenoxy) is 4. The molecule has 2 aromatic carbocycles. The summed E-state index contributed by atoms with van der Waals surface area (Å²) in [5, 5.41) is 20.4. The summed E-state index contributed by atoms with van der Waals surface area (Å²) in [7, 11) is 4.92. The number of carbonyl (C=O) groups excluding carboxylic acids is 4. The molecule has 4 N–H and O–H groups in total. The highest BCUT2D eigenvalue weighted by Crippen LogP contribution is 2.41. The Hall–Kier alpha value is -6.48. The first-order chi connectivity index (χ1) is 33.9. The Morgan fingerprint density at radius 1 is 0.986 bits per heavy atom. The van der Waals surface area contributed by atoms with Crippen LogP contribution in [0.15, 0.2) is 65.3 Å². The second-order valence-electron chi connectivity index (χ2n) is 19.5. The summed E-state index contributed by atoms with van der Waals surface area (Å²) < 4.78 is 39.8. The smallest absolute Gasteiger partial charge is 0.259 e. The second kappa shape index (κ2) is 21.1. The molecule has 8 rings (SSSR count). The molecule has 0 bridgehead atoms. The van der Waals surface area contributed by atoms with Crippen LogP contribution in [0.25, 0.3) is 32.3 Å². The van der Waals surface area contributed by atoms with Crippen molar-refractivity contribution < 1.29 is 47.6 Å². The highest BCUT2D eigenvalue weighted by molar-refractivity contribution is 7.13. The van der Waals surface area contributed by atoms with Crippen molar-refractivity contribution in [2.75, 3.05) is 53.7 Å². The average Bonchev–Trinajstić information content (AvgIpc) is 3.74. The van der Waals surface area contributed by atoms with Gasteiger partial charge in [0.25, 0.3) is 11.5 Å². The lowest BCUT2D eigenvalue weighted by molar-refractivity contribution is -0.145. The third-order valence-electron chi connectivity index (χ3n) is 13.2. The third-order valence-corrected chi connectivity index (χ3v) is 14.2. The molecule has 0 spiro atoms. The number of likely N-dealkylation sites (tertiary alicyclic amines) is 2. The van der Waals surface area contributed by atoms with Crippen LogP contribution < -0.4 is 35.7 Å². The first-order valence-corrected chi connectivity index (χ1v) is 24.5. The van der Waals surface area contributed by atoms with E-state index in [4.69, 9.17) is 18.9 Å². The molecular formula is C51H61FN8O10S. The average molecular weight is 997 g/mol. The highest BCUT2D eigenvalue weighted by Gasteiger charge is 2.53. The number of amides is 4. The predicted molar refractivity (Wildman–Crippen MR) is 264 cm³/mol. The van der Waals surface area contributed by atoms with Gasteiger partial charge in [-0.2, -0.15) is 0 Å². The Labute approximate surface area is 414 Å². The summed E-state index contributed by atoms with van der Waals surface area (Å²) in [6, 6.07) is 9.04. The quantitative estimate of drug-likeness (QED) is 0.0861. The fraction of sp³-hybridized carbons (Fsp3) is 0.471. The molecule has 1 aliphatic carbocycles. The van der Waals surface area contributed by atoms with Crippen LogP contribution in [0.1, 0.15) is 56.9 Å². The van der Waals surface area contributed by atoms with Crippen LogP contribution in [-0.2, 0) is 44.1 Å². The van der Waals surface area contributed by atoms with E-state index in [0.717, 1.165) is 38.2 Å². The number of benzene rings is 2. The van der Waals surface area contributed by atoms with Crippen molar-refractivity contribution in [3.8, 4) is 38.8 Å². The minimum atomic E-state index is -1.99. The molecule has 71 heavy (non-hydrogen) atoms. The molecule has 4 amide bonds. The van der Waals surface area contributed by atoms with Gasteiger partial charge in [-0.25, -0.2) is 9.37 Å². The maximum Gasteiger partial charge on any atom is 0.259 e. The molecule has 5 heterocycles. The van der Waals surface area contributed by atoms with Crippen molar-refractivity contribution in [1.29, 1.82) is 0 Å². The lowest BCUT2D eigenvalue weighted by Gasteiger charge is -2.40. The number of aliphatic hydroxyl groups is 1. The van der Waals surface area contributed by atoms with E-state index in [1.807, 2.05) is 43.3 Å². The summed E-state index contributed by atoms with van der Waals surface area (Å²) in [5.41, 5.74) is 3.67. The van der Waals surface area contributed by atoms with Crippen LogP contribution in [0.5, 0.6) is 17.2 Å². The number of hydrogen-bond donors (Lipinski definition) is 4. The number of aromatic nitrogens is 3. The van der Waals surface area contributed by atoms with Gasteiger partial charge in [-0.05, 0) is 66.0 Å². The zero-order valence-electron chi connectivity index (χ0n) is 41.0. The van der Waals surface area contributed by atoms with Gasteiger partial charge >= 0.3 is 0 Å². The van der Waals surface area contributed by atoms with Gasteiger partial charge < -0.3 is 49.5 Å². The third kappa shape index (κ3) is 11.4. The number of rotatable bonds is 19. The molecule has 3 aliphatic rings. The van der Waals surface area contributed by atoms with Crippen molar-refractivity contribution in [2.24, 2.45) is 12.5 Å². The lowest BCUT2D eigenvalue weighted by atomic mass is 9.85. The molecule has 3 unspecified atom stereocenters. The first kappa shape index (κ1) is 50.9. The van der Waals surface area contributed by atoms with Crippen LogP contribution in [0.3, 0.4) is 0 Å². The van der Waals surface area contributed by atoms with Gasteiger partial charge in [-0.1, -0.05) is 32.9 Å². The van der Waals surface area contributed by atoms with E-state index < -0.39 is 47.0 Å². The molecule has 2 saturated heterocycles. The topological polar surface area (TPSA) is 216 Å². The highest BCUT2D eigenvalue weighted by atomic mass is 32.1. The molecule has 2 aliphatic heterocycles. The van der Waals surface area contributed by atoms with Gasteiger partial charge in [0.15, 0.2) is 5.67 Å². The summed E-state index contributed by atoms with van der Waals surface area (Å²) in [4.78, 5) is 79.1. The number of fused-ring (bicyclic) bond motifs is 1. The van der Waals surface area contributed by atoms with Crippen LogP contribution in [0.2, 0.25) is 0 Å². The van der Waals surface area contributed by atoms with Crippen LogP contribution >= 0.6 is 11.3 Å². The van der Waals surface area contributed by atoms with Crippen molar-refractivity contribution >= 4 is 45.7 Å². The fourth-order valence-electron chi connectivity index (χ4n) is 9.07. The van der Waals surface area contributed by atoms with Crippen molar-refractivity contribution in [3.63, 3.8) is 0 Å². The molecule has 378 valence electrons. The molecule has 3 atom stereocenters. The van der Waals surface area contributed by atoms with Crippen LogP contribution in [0.4, 0.5) is 4.39 Å². The molecule has 5 aromatic rings. The van der Waals surface area contributed by atoms with Gasteiger partial charge in [0.05, 0.1) is 60.0 Å². The Bertz CT molecular complexity index is 2850. The van der Waals surface area contributed by atoms with E-state index >= 15 is 0 Å². The first-order valence-electron chi connectivity index (χ1n) is 23.6. The molecule has 3 fully saturated rings. The number of nitrogens with one attached hydrogen (secondary N) is 3. The Kier molecular flexibility index (Phi) is 15.1. The number of carbonyl (C=O) groups is 4. The summed E-state index contributed by atoms with van der Waals surface area (Å²) in [6.07, 6.45) is 4.22. The molecule has 20 heteroatoms. The standard InChI is InChI=1S/C51H61FN8O10S/c1-29-44(71-28-55-29)30-8-9-31(20-54-46(63)39-19-34(61)24-60(39)48(65)45(50(2,3)4)57-49(66)51(52)11-12-51)40(16-30)70-15-14-69-27-43(62)56-33-22-59(23-33)26-38-41(67-6)17-32(18-42(38)68-7)37-25-58(5)47(64)36-21-53-13-10-35(36)37/h8-10,13,16-18,21,25,28,33-34,39,45,61H,11-12,14-15,19-20,22-24,26-27H2,1-7H3,(H,54,63)(H,56,62)(H,57,66). The number of methoxy groups -OCH3 is 2. The maximum atomic E-state index is 14.7. The van der Waals surface area contributed by atoms with Gasteiger partial charge in [0.2, 0.25) is 17.7 Å². The van der Waals surface area contributed by atoms with E-state index in [1.165, 1.54) is 20.8 Å². The van der Waals surface area contributed by atoms with Crippen LogP contribution in [-0.4, -0.2) is 137 Å². The summed E-state index contributed by atoms with van der Waals surface area (Å²) >= 11 is 1.48. The number of aryl methyl sites for hydroxylation is 2. The zero-order chi connectivity index (χ0) is 50.8. The van der Waals surface area contributed by atoms with Gasteiger partial charge in [-0.3, -0.25) is 33.9 Å². The van der Waals surface area contributed by atoms with Crippen molar-refractivity contribution in [3.05, 3.63) is 87.7 Å². The van der Waals surface area contributed by atoms with Crippen molar-refractivity contribution in [2.45, 2.75) is 89.9 Å². The fourth-order valence-corrected chi connectivity index (χ4v) is 9.87. The van der Waals surface area contributed by atoms with Crippen LogP contribution in [0, 0.1) is 12.3 Å². The zero-order valence-corrected chi connectivity index (χ0v) is 41.8. The summed E-state index contributed by atoms with van der Waals surface area (Å²) in [6.45, 7) is 8.77. The molecule has 3 aromatic heterocycles. The van der Waals surface area contributed by atoms with Crippen molar-refractivity contribution in [1.82, 2.24) is 40.3 Å². The number of thiazole rings is 1. The number of alkyl halides is 1. The minimum absolute atomic E-state index is 0.0103. The van der Waals surface area contributed by atoms with Gasteiger partial charge in [0.1, 0.15) is 42.5 Å². The van der Waals surface area contributed by atoms with E-state index in [-0.39, 0.29) is 69.7 Å². The number of pyridine rings is 2. The van der Waals surface area contributed by atoms with Gasteiger partial charge in [0, 0.05) is 75.9 Å². The number of halogens is 1. The minimum Gasteiger partial charge on any atom is -0.496 e. The number of nitrogens with zero attached hydrogens (tertiary/aromatic N) is 5. The molecule has 0 radical (unpaired) electrons. The lowest BCUT2D eigenvalue weighted by Crippen LogP contribution is -2.59. The number of hydrogen-bond acceptors (Lipinski definition) is 14. The SMILES string of the molecule is COc1cc(-c2cn(C)c(=O)c3cnccc23)cc(OC)c1CN1CC(NC(=O)COCCOc2cc(-c3scnc3C)ccc2CNC(=O)C2CC(O)CN2C(=O)C(NC(=O)C2(F)CC2)C(C)(C)C)C1. The normalized spacial score (nSPS) is 18.1. The Balaban J connectivity index is 0.835. The maximum absolute atomic E-state index is 14.7. The van der Waals surface area contributed by atoms with Gasteiger partial charge in [-0.15, -0.1) is 11.3 Å². The van der Waals surface area contributed by atoms with E-state index in [9.17, 15) is 33.5 Å². The molecule has 18 nitrogen and oxygen atoms in total. The summed E-state index contributed by atoms with van der Waals surface area (Å²) in [5.74, 6) is -0.463. The monoisotopic (exact) mass is 996 g/mol. The largest absolute Gasteiger partial charge is 0.496 e. The number of β-amino-alcohol motifs (C(OH)–C–C–N with tert-alkyl or cyclic N) is 1. The molecular weight excluding hydrogens is 936 g/mol. The van der Waals surface area contributed by atoms with E-state index in [1.54, 1.807) is 66.1 Å². The Morgan fingerprint density at radius 2 is 1.70 bits per heavy atom. The second-order valence-corrected chi connectivity index (χ2v) is 20.4. The van der Waals surface area contributed by atoms with E-state index in [0.29, 0.717) is 47.8 Å². The number of aliphatic hydroxyl groups excluding tert-OH is 1.